The Balaban J connectivity index is 2.33. The minimum atomic E-state index is -0.0988. The van der Waals surface area contributed by atoms with E-state index in [0.717, 1.165) is 13.0 Å². The van der Waals surface area contributed by atoms with Gasteiger partial charge < -0.3 is 4.90 Å². The van der Waals surface area contributed by atoms with Crippen LogP contribution in [0.4, 0.5) is 5.69 Å². The van der Waals surface area contributed by atoms with E-state index in [4.69, 9.17) is 0 Å². The number of allylic oxidation sites excluding steroid dienone is 1. The summed E-state index contributed by atoms with van der Waals surface area (Å²) in [7, 11) is 2.25. The molecule has 1 aromatic carbocycles. The standard InChI is InChI=1S/C21H30N2/c1-8-19(3,4)21-14-15-22(7)18(21)23(20(5,6)9-2)17-13-11-10-12-16(17)21/h8-13,18H,1-2,14-15H2,3-7H3/t18-,21-/m0/s1. The highest BCUT2D eigenvalue weighted by atomic mass is 15.4. The molecule has 0 bridgehead atoms. The normalized spacial score (nSPS) is 27.7. The second-order valence-corrected chi connectivity index (χ2v) is 8.25. The Hall–Kier alpha value is -1.54. The van der Waals surface area contributed by atoms with Crippen LogP contribution in [-0.2, 0) is 5.41 Å². The summed E-state index contributed by atoms with van der Waals surface area (Å²) in [5.74, 6) is 0. The molecule has 0 unspecified atom stereocenters. The van der Waals surface area contributed by atoms with Gasteiger partial charge in [-0.15, -0.1) is 13.2 Å². The van der Waals surface area contributed by atoms with Crippen LogP contribution >= 0.6 is 0 Å². The van der Waals surface area contributed by atoms with Crippen LogP contribution in [0.1, 0.15) is 39.7 Å². The van der Waals surface area contributed by atoms with Crippen LogP contribution in [0.25, 0.3) is 0 Å². The van der Waals surface area contributed by atoms with Gasteiger partial charge in [-0.05, 0) is 44.4 Å². The molecular formula is C21H30N2. The third-order valence-corrected chi connectivity index (χ3v) is 6.39. The Labute approximate surface area is 141 Å². The molecule has 0 amide bonds. The SMILES string of the molecule is C=CC(C)(C)N1c2ccccc2[C@@]2(C(C)(C)C=C)CCN(C)[C@@H]12. The molecule has 0 N–H and O–H groups in total. The first-order chi connectivity index (χ1) is 10.7. The molecule has 1 aromatic rings. The van der Waals surface area contributed by atoms with Crippen LogP contribution < -0.4 is 4.90 Å². The summed E-state index contributed by atoms with van der Waals surface area (Å²) in [5.41, 5.74) is 2.81. The highest BCUT2D eigenvalue weighted by molar-refractivity contribution is 5.68. The number of hydrogen-bond donors (Lipinski definition) is 0. The van der Waals surface area contributed by atoms with Gasteiger partial charge in [0.25, 0.3) is 0 Å². The van der Waals surface area contributed by atoms with E-state index in [1.54, 1.807) is 0 Å². The number of likely N-dealkylation sites (tertiary alicyclic amines) is 1. The van der Waals surface area contributed by atoms with Crippen LogP contribution in [0.15, 0.2) is 49.6 Å². The Morgan fingerprint density at radius 2 is 1.78 bits per heavy atom. The van der Waals surface area contributed by atoms with Crippen molar-refractivity contribution >= 4 is 5.69 Å². The molecule has 0 aliphatic carbocycles. The Kier molecular flexibility index (Phi) is 3.53. The molecule has 2 nitrogen and oxygen atoms in total. The average Bonchev–Trinajstić information content (AvgIpc) is 3.03. The Morgan fingerprint density at radius 3 is 2.39 bits per heavy atom. The van der Waals surface area contributed by atoms with Gasteiger partial charge in [-0.25, -0.2) is 0 Å². The summed E-state index contributed by atoms with van der Waals surface area (Å²) in [6.07, 6.45) is 5.72. The van der Waals surface area contributed by atoms with Crippen LogP contribution in [0.3, 0.4) is 0 Å². The maximum absolute atomic E-state index is 4.18. The largest absolute Gasteiger partial charge is 0.346 e. The quantitative estimate of drug-likeness (QED) is 0.751. The lowest BCUT2D eigenvalue weighted by atomic mass is 9.60. The smallest absolute Gasteiger partial charge is 0.0934 e. The molecule has 0 spiro atoms. The number of hydrogen-bond acceptors (Lipinski definition) is 2. The van der Waals surface area contributed by atoms with Crippen molar-refractivity contribution in [2.45, 2.75) is 51.2 Å². The van der Waals surface area contributed by atoms with Gasteiger partial charge in [0.1, 0.15) is 0 Å². The van der Waals surface area contributed by atoms with Gasteiger partial charge in [-0.1, -0.05) is 44.2 Å². The average molecular weight is 310 g/mol. The molecule has 0 aromatic heterocycles. The second-order valence-electron chi connectivity index (χ2n) is 8.25. The predicted molar refractivity (Wildman–Crippen MR) is 99.9 cm³/mol. The fourth-order valence-corrected chi connectivity index (χ4v) is 4.77. The Morgan fingerprint density at radius 1 is 1.13 bits per heavy atom. The first-order valence-corrected chi connectivity index (χ1v) is 8.59. The highest BCUT2D eigenvalue weighted by Crippen LogP contribution is 2.61. The fraction of sp³-hybridized carbons (Fsp3) is 0.524. The van der Waals surface area contributed by atoms with E-state index in [0.29, 0.717) is 6.17 Å². The minimum absolute atomic E-state index is 0.0184. The zero-order valence-corrected chi connectivity index (χ0v) is 15.3. The summed E-state index contributed by atoms with van der Waals surface area (Å²) < 4.78 is 0. The summed E-state index contributed by atoms with van der Waals surface area (Å²) >= 11 is 0. The van der Waals surface area contributed by atoms with Gasteiger partial charge in [0, 0.05) is 17.6 Å². The van der Waals surface area contributed by atoms with Crippen molar-refractivity contribution < 1.29 is 0 Å². The molecule has 2 aliphatic heterocycles. The van der Waals surface area contributed by atoms with Gasteiger partial charge in [0.2, 0.25) is 0 Å². The van der Waals surface area contributed by atoms with Crippen LogP contribution in [0, 0.1) is 5.41 Å². The number of rotatable bonds is 4. The number of benzene rings is 1. The van der Waals surface area contributed by atoms with E-state index in [1.807, 2.05) is 0 Å². The molecule has 2 heteroatoms. The van der Waals surface area contributed by atoms with E-state index < -0.39 is 0 Å². The van der Waals surface area contributed by atoms with Gasteiger partial charge in [-0.3, -0.25) is 4.90 Å². The predicted octanol–water partition coefficient (Wildman–Crippen LogP) is 4.58. The highest BCUT2D eigenvalue weighted by Gasteiger charge is 2.63. The number of anilines is 1. The maximum Gasteiger partial charge on any atom is 0.0934 e. The molecule has 23 heavy (non-hydrogen) atoms. The van der Waals surface area contributed by atoms with Gasteiger partial charge in [0.05, 0.1) is 11.7 Å². The van der Waals surface area contributed by atoms with Crippen LogP contribution in [0.5, 0.6) is 0 Å². The molecule has 3 rings (SSSR count). The molecule has 2 atom stereocenters. The molecule has 0 saturated carbocycles. The number of fused-ring (bicyclic) bond motifs is 3. The molecule has 1 fully saturated rings. The molecule has 2 aliphatic rings. The third-order valence-electron chi connectivity index (χ3n) is 6.39. The zero-order valence-electron chi connectivity index (χ0n) is 15.3. The van der Waals surface area contributed by atoms with Crippen molar-refractivity contribution in [3.63, 3.8) is 0 Å². The molecule has 0 radical (unpaired) electrons. The Bertz CT molecular complexity index is 643. The molecule has 124 valence electrons. The van der Waals surface area contributed by atoms with Gasteiger partial charge >= 0.3 is 0 Å². The molecule has 1 saturated heterocycles. The summed E-state index contributed by atoms with van der Waals surface area (Å²) in [6.45, 7) is 18.6. The second kappa shape index (κ2) is 4.98. The number of para-hydroxylation sites is 1. The minimum Gasteiger partial charge on any atom is -0.346 e. The van der Waals surface area contributed by atoms with Gasteiger partial charge in [-0.2, -0.15) is 0 Å². The molecule has 2 heterocycles. The van der Waals surface area contributed by atoms with Crippen LogP contribution in [0.2, 0.25) is 0 Å². The first-order valence-electron chi connectivity index (χ1n) is 8.59. The topological polar surface area (TPSA) is 6.48 Å². The monoisotopic (exact) mass is 310 g/mol. The van der Waals surface area contributed by atoms with Gasteiger partial charge in [0.15, 0.2) is 0 Å². The third kappa shape index (κ3) is 1.91. The van der Waals surface area contributed by atoms with Crippen LogP contribution in [-0.4, -0.2) is 30.2 Å². The van der Waals surface area contributed by atoms with Crippen molar-refractivity contribution in [3.8, 4) is 0 Å². The lowest BCUT2D eigenvalue weighted by molar-refractivity contribution is 0.148. The fourth-order valence-electron chi connectivity index (χ4n) is 4.77. The zero-order chi connectivity index (χ0) is 17.0. The maximum atomic E-state index is 4.18. The van der Waals surface area contributed by atoms with E-state index in [1.165, 1.54) is 11.3 Å². The number of likely N-dealkylation sites (N-methyl/N-ethyl adjacent to an activating group) is 1. The van der Waals surface area contributed by atoms with E-state index >= 15 is 0 Å². The van der Waals surface area contributed by atoms with E-state index in [2.05, 4.69) is 94.1 Å². The van der Waals surface area contributed by atoms with E-state index in [9.17, 15) is 0 Å². The lowest BCUT2D eigenvalue weighted by Crippen LogP contribution is -2.59. The summed E-state index contributed by atoms with van der Waals surface area (Å²) in [5, 5.41) is 0. The first kappa shape index (κ1) is 16.3. The lowest BCUT2D eigenvalue weighted by Gasteiger charge is -2.49. The van der Waals surface area contributed by atoms with Crippen molar-refractivity contribution in [3.05, 3.63) is 55.1 Å². The molecular weight excluding hydrogens is 280 g/mol. The van der Waals surface area contributed by atoms with Crippen molar-refractivity contribution in [2.24, 2.45) is 5.41 Å². The summed E-state index contributed by atoms with van der Waals surface area (Å²) in [4.78, 5) is 5.09. The number of nitrogens with zero attached hydrogens (tertiary/aromatic N) is 2. The van der Waals surface area contributed by atoms with Crippen molar-refractivity contribution in [2.75, 3.05) is 18.5 Å². The van der Waals surface area contributed by atoms with Crippen molar-refractivity contribution in [1.82, 2.24) is 4.90 Å². The van der Waals surface area contributed by atoms with E-state index in [-0.39, 0.29) is 16.4 Å². The van der Waals surface area contributed by atoms with Crippen molar-refractivity contribution in [1.29, 1.82) is 0 Å². The summed E-state index contributed by atoms with van der Waals surface area (Å²) in [6, 6.07) is 8.93.